The molecular weight excluding hydrogens is 248 g/mol. The summed E-state index contributed by atoms with van der Waals surface area (Å²) in [5, 5.41) is 18.1. The number of rotatable bonds is 11. The summed E-state index contributed by atoms with van der Waals surface area (Å²) in [5.41, 5.74) is 0. The Bertz CT molecular complexity index is 265. The third-order valence-corrected chi connectivity index (χ3v) is 2.85. The van der Waals surface area contributed by atoms with Gasteiger partial charge in [0.15, 0.2) is 0 Å². The van der Waals surface area contributed by atoms with Gasteiger partial charge in [-0.3, -0.25) is 9.59 Å². The number of hydrogen-bond donors (Lipinski definition) is 2. The molecule has 0 aromatic rings. The maximum absolute atomic E-state index is 11.4. The monoisotopic (exact) mass is 274 g/mol. The molecule has 0 spiro atoms. The second-order valence-corrected chi connectivity index (χ2v) is 4.93. The highest BCUT2D eigenvalue weighted by Crippen LogP contribution is 2.11. The number of carbonyl (C=O) groups is 2. The van der Waals surface area contributed by atoms with E-state index in [9.17, 15) is 14.7 Å². The van der Waals surface area contributed by atoms with Crippen LogP contribution >= 0.6 is 0 Å². The molecule has 0 saturated carbocycles. The van der Waals surface area contributed by atoms with E-state index in [4.69, 9.17) is 9.84 Å². The minimum absolute atomic E-state index is 0.0819. The molecule has 0 saturated heterocycles. The molecular formula is C14H26O5. The number of ether oxygens (including phenoxy) is 1. The quantitative estimate of drug-likeness (QED) is 0.447. The fraction of sp³-hybridized carbons (Fsp3) is 0.857. The Labute approximate surface area is 115 Å². The van der Waals surface area contributed by atoms with Gasteiger partial charge in [-0.1, -0.05) is 19.8 Å². The SMILES string of the molecule is CCCCC(O)CC(C)OC(=O)CCCCC(=O)O. The summed E-state index contributed by atoms with van der Waals surface area (Å²) in [4.78, 5) is 21.7. The van der Waals surface area contributed by atoms with Crippen LogP contribution in [0.5, 0.6) is 0 Å². The number of aliphatic carboxylic acids is 1. The van der Waals surface area contributed by atoms with Crippen molar-refractivity contribution in [1.82, 2.24) is 0 Å². The highest BCUT2D eigenvalue weighted by Gasteiger charge is 2.14. The standard InChI is InChI=1S/C14H26O5/c1-3-4-7-12(15)10-11(2)19-14(18)9-6-5-8-13(16)17/h11-12,15H,3-10H2,1-2H3,(H,16,17). The van der Waals surface area contributed by atoms with Crippen LogP contribution in [0.4, 0.5) is 0 Å². The summed E-state index contributed by atoms with van der Waals surface area (Å²) in [7, 11) is 0. The van der Waals surface area contributed by atoms with Crippen LogP contribution in [0.3, 0.4) is 0 Å². The molecule has 0 aromatic heterocycles. The first-order valence-electron chi connectivity index (χ1n) is 7.05. The maximum atomic E-state index is 11.4. The minimum atomic E-state index is -0.846. The second kappa shape index (κ2) is 10.8. The van der Waals surface area contributed by atoms with Crippen LogP contribution in [-0.2, 0) is 14.3 Å². The van der Waals surface area contributed by atoms with Crippen LogP contribution < -0.4 is 0 Å². The maximum Gasteiger partial charge on any atom is 0.306 e. The normalized spacial score (nSPS) is 13.8. The van der Waals surface area contributed by atoms with Gasteiger partial charge in [-0.2, -0.15) is 0 Å². The van der Waals surface area contributed by atoms with Crippen LogP contribution in [0.15, 0.2) is 0 Å². The number of aliphatic hydroxyl groups excluding tert-OH is 1. The lowest BCUT2D eigenvalue weighted by atomic mass is 10.1. The number of aliphatic hydroxyl groups is 1. The van der Waals surface area contributed by atoms with Gasteiger partial charge < -0.3 is 14.9 Å². The summed E-state index contributed by atoms with van der Waals surface area (Å²) in [5.74, 6) is -1.17. The molecule has 2 atom stereocenters. The lowest BCUT2D eigenvalue weighted by Crippen LogP contribution is -2.21. The molecule has 2 unspecified atom stereocenters. The molecule has 0 radical (unpaired) electrons. The van der Waals surface area contributed by atoms with Crippen molar-refractivity contribution in [3.05, 3.63) is 0 Å². The highest BCUT2D eigenvalue weighted by atomic mass is 16.5. The Morgan fingerprint density at radius 3 is 2.37 bits per heavy atom. The number of esters is 1. The second-order valence-electron chi connectivity index (χ2n) is 4.93. The average Bonchev–Trinajstić information content (AvgIpc) is 2.31. The molecule has 0 aliphatic heterocycles. The fourth-order valence-electron chi connectivity index (χ4n) is 1.82. The summed E-state index contributed by atoms with van der Waals surface area (Å²) >= 11 is 0. The zero-order valence-corrected chi connectivity index (χ0v) is 11.9. The first kappa shape index (κ1) is 17.9. The fourth-order valence-corrected chi connectivity index (χ4v) is 1.82. The number of carbonyl (C=O) groups excluding carboxylic acids is 1. The Balaban J connectivity index is 3.65. The first-order chi connectivity index (χ1) is 8.95. The molecule has 0 aliphatic rings. The van der Waals surface area contributed by atoms with Gasteiger partial charge >= 0.3 is 11.9 Å². The number of carboxylic acid groups (broad SMARTS) is 1. The molecule has 0 rings (SSSR count). The van der Waals surface area contributed by atoms with E-state index in [1.807, 2.05) is 0 Å². The third-order valence-electron chi connectivity index (χ3n) is 2.85. The van der Waals surface area contributed by atoms with Crippen LogP contribution in [0.2, 0.25) is 0 Å². The van der Waals surface area contributed by atoms with E-state index in [2.05, 4.69) is 6.92 Å². The van der Waals surface area contributed by atoms with Gasteiger partial charge in [0.1, 0.15) is 6.10 Å². The average molecular weight is 274 g/mol. The van der Waals surface area contributed by atoms with E-state index >= 15 is 0 Å². The topological polar surface area (TPSA) is 83.8 Å². The van der Waals surface area contributed by atoms with Crippen LogP contribution in [0.25, 0.3) is 0 Å². The molecule has 0 aliphatic carbocycles. The highest BCUT2D eigenvalue weighted by molar-refractivity contribution is 5.70. The van der Waals surface area contributed by atoms with E-state index < -0.39 is 12.1 Å². The molecule has 5 nitrogen and oxygen atoms in total. The molecule has 19 heavy (non-hydrogen) atoms. The van der Waals surface area contributed by atoms with Crippen molar-refractivity contribution in [1.29, 1.82) is 0 Å². The van der Waals surface area contributed by atoms with Crippen molar-refractivity contribution in [3.63, 3.8) is 0 Å². The van der Waals surface area contributed by atoms with Crippen molar-refractivity contribution in [3.8, 4) is 0 Å². The lowest BCUT2D eigenvalue weighted by Gasteiger charge is -2.17. The Morgan fingerprint density at radius 1 is 1.16 bits per heavy atom. The van der Waals surface area contributed by atoms with Crippen LogP contribution in [0, 0.1) is 0 Å². The minimum Gasteiger partial charge on any atom is -0.481 e. The van der Waals surface area contributed by atoms with Crippen molar-refractivity contribution >= 4 is 11.9 Å². The summed E-state index contributed by atoms with van der Waals surface area (Å²) in [6.07, 6.45) is 3.81. The van der Waals surface area contributed by atoms with Crippen molar-refractivity contribution in [2.24, 2.45) is 0 Å². The van der Waals surface area contributed by atoms with Crippen molar-refractivity contribution in [2.45, 2.75) is 77.4 Å². The summed E-state index contributed by atoms with van der Waals surface area (Å²) in [6, 6.07) is 0. The van der Waals surface area contributed by atoms with Gasteiger partial charge in [0, 0.05) is 19.3 Å². The predicted octanol–water partition coefficient (Wildman–Crippen LogP) is 2.50. The molecule has 0 fully saturated rings. The van der Waals surface area contributed by atoms with E-state index in [0.717, 1.165) is 19.3 Å². The van der Waals surface area contributed by atoms with Gasteiger partial charge in [-0.25, -0.2) is 0 Å². The Kier molecular flexibility index (Phi) is 10.2. The van der Waals surface area contributed by atoms with Crippen LogP contribution in [0.1, 0.15) is 65.2 Å². The van der Waals surface area contributed by atoms with Crippen molar-refractivity contribution in [2.75, 3.05) is 0 Å². The van der Waals surface area contributed by atoms with Gasteiger partial charge in [0.05, 0.1) is 6.10 Å². The number of hydrogen-bond acceptors (Lipinski definition) is 4. The third kappa shape index (κ3) is 11.7. The molecule has 5 heteroatoms. The summed E-state index contributed by atoms with van der Waals surface area (Å²) < 4.78 is 5.16. The van der Waals surface area contributed by atoms with Gasteiger partial charge in [-0.15, -0.1) is 0 Å². The zero-order valence-electron chi connectivity index (χ0n) is 11.9. The largest absolute Gasteiger partial charge is 0.481 e. The predicted molar refractivity (Wildman–Crippen MR) is 71.8 cm³/mol. The molecule has 0 aromatic carbocycles. The molecule has 0 amide bonds. The smallest absolute Gasteiger partial charge is 0.306 e. The van der Waals surface area contributed by atoms with Crippen LogP contribution in [-0.4, -0.2) is 34.4 Å². The van der Waals surface area contributed by atoms with Gasteiger partial charge in [0.25, 0.3) is 0 Å². The molecule has 2 N–H and O–H groups in total. The Hall–Kier alpha value is -1.10. The number of unbranched alkanes of at least 4 members (excludes halogenated alkanes) is 2. The van der Waals surface area contributed by atoms with Gasteiger partial charge in [0.2, 0.25) is 0 Å². The Morgan fingerprint density at radius 2 is 1.79 bits per heavy atom. The first-order valence-corrected chi connectivity index (χ1v) is 7.05. The van der Waals surface area contributed by atoms with E-state index in [0.29, 0.717) is 19.3 Å². The lowest BCUT2D eigenvalue weighted by molar-refractivity contribution is -0.150. The zero-order chi connectivity index (χ0) is 14.7. The summed E-state index contributed by atoms with van der Waals surface area (Å²) in [6.45, 7) is 3.83. The molecule has 0 heterocycles. The van der Waals surface area contributed by atoms with E-state index in [1.54, 1.807) is 6.92 Å². The van der Waals surface area contributed by atoms with Gasteiger partial charge in [-0.05, 0) is 26.2 Å². The molecule has 112 valence electrons. The van der Waals surface area contributed by atoms with Crippen molar-refractivity contribution < 1.29 is 24.5 Å². The van der Waals surface area contributed by atoms with E-state index in [1.165, 1.54) is 0 Å². The molecule has 0 bridgehead atoms. The van der Waals surface area contributed by atoms with E-state index in [-0.39, 0.29) is 24.9 Å². The number of carboxylic acids is 1.